The summed E-state index contributed by atoms with van der Waals surface area (Å²) in [5.41, 5.74) is 0.905. The molecule has 6 heteroatoms. The quantitative estimate of drug-likeness (QED) is 0.457. The summed E-state index contributed by atoms with van der Waals surface area (Å²) >= 11 is 0. The van der Waals surface area contributed by atoms with E-state index in [9.17, 15) is 12.8 Å². The van der Waals surface area contributed by atoms with Crippen molar-refractivity contribution in [3.63, 3.8) is 0 Å². The third kappa shape index (κ3) is 8.26. The van der Waals surface area contributed by atoms with Crippen LogP contribution in [0.1, 0.15) is 38.8 Å². The molecule has 1 aromatic rings. The van der Waals surface area contributed by atoms with Crippen LogP contribution in [-0.2, 0) is 10.1 Å². The fourth-order valence-electron chi connectivity index (χ4n) is 1.86. The zero-order chi connectivity index (χ0) is 16.8. The standard InChI is InChI=1S/C16H24FNO3S/c1-16(2,3)10-9-15(13-5-7-14(17)8-6-13)18-11-4-12-22(19,20)21/h5-10,15,18H,4,11-12H2,1-3H3,(H,19,20,21)/t15-/m0/s1. The van der Waals surface area contributed by atoms with E-state index >= 15 is 0 Å². The molecule has 124 valence electrons. The summed E-state index contributed by atoms with van der Waals surface area (Å²) in [7, 11) is -3.94. The highest BCUT2D eigenvalue weighted by Gasteiger charge is 2.11. The molecule has 0 amide bonds. The maximum Gasteiger partial charge on any atom is 0.264 e. The maximum absolute atomic E-state index is 13.0. The summed E-state index contributed by atoms with van der Waals surface area (Å²) in [6.45, 7) is 6.65. The molecule has 0 fully saturated rings. The van der Waals surface area contributed by atoms with Crippen LogP contribution in [0.2, 0.25) is 0 Å². The number of rotatable bonds is 7. The fourth-order valence-corrected chi connectivity index (χ4v) is 2.37. The van der Waals surface area contributed by atoms with Gasteiger partial charge in [0, 0.05) is 0 Å². The predicted octanol–water partition coefficient (Wildman–Crippen LogP) is 3.34. The molecule has 1 rings (SSSR count). The number of hydrogen-bond donors (Lipinski definition) is 2. The van der Waals surface area contributed by atoms with Gasteiger partial charge in [0.1, 0.15) is 5.82 Å². The van der Waals surface area contributed by atoms with Gasteiger partial charge in [-0.15, -0.1) is 0 Å². The molecule has 0 aromatic heterocycles. The Morgan fingerprint density at radius 1 is 1.27 bits per heavy atom. The molecule has 0 saturated carbocycles. The second kappa shape index (κ2) is 7.85. The number of benzene rings is 1. The van der Waals surface area contributed by atoms with Crippen LogP contribution in [0.3, 0.4) is 0 Å². The summed E-state index contributed by atoms with van der Waals surface area (Å²) in [6.07, 6.45) is 4.34. The summed E-state index contributed by atoms with van der Waals surface area (Å²) in [5.74, 6) is -0.576. The van der Waals surface area contributed by atoms with Crippen molar-refractivity contribution >= 4 is 10.1 Å². The topological polar surface area (TPSA) is 66.4 Å². The van der Waals surface area contributed by atoms with Crippen LogP contribution >= 0.6 is 0 Å². The van der Waals surface area contributed by atoms with E-state index in [0.29, 0.717) is 13.0 Å². The third-order valence-electron chi connectivity index (χ3n) is 2.96. The minimum atomic E-state index is -3.94. The molecule has 22 heavy (non-hydrogen) atoms. The molecule has 0 aliphatic heterocycles. The first kappa shape index (κ1) is 18.8. The van der Waals surface area contributed by atoms with Crippen LogP contribution in [-0.4, -0.2) is 25.3 Å². The van der Waals surface area contributed by atoms with Gasteiger partial charge in [-0.1, -0.05) is 45.1 Å². The molecule has 1 atom stereocenters. The second-order valence-electron chi connectivity index (χ2n) is 6.35. The lowest BCUT2D eigenvalue weighted by Gasteiger charge is -2.18. The van der Waals surface area contributed by atoms with Gasteiger partial charge >= 0.3 is 0 Å². The molecular formula is C16H24FNO3S. The lowest BCUT2D eigenvalue weighted by Crippen LogP contribution is -2.23. The normalized spacial score (nSPS) is 14.4. The van der Waals surface area contributed by atoms with Crippen molar-refractivity contribution in [2.24, 2.45) is 5.41 Å². The van der Waals surface area contributed by atoms with Crippen LogP contribution in [0.15, 0.2) is 36.4 Å². The third-order valence-corrected chi connectivity index (χ3v) is 3.77. The molecule has 0 unspecified atom stereocenters. The zero-order valence-electron chi connectivity index (χ0n) is 13.2. The molecule has 4 nitrogen and oxygen atoms in total. The molecule has 0 saturated heterocycles. The highest BCUT2D eigenvalue weighted by molar-refractivity contribution is 7.85. The Hall–Kier alpha value is -1.24. The first-order valence-electron chi connectivity index (χ1n) is 7.20. The average Bonchev–Trinajstić information content (AvgIpc) is 2.37. The lowest BCUT2D eigenvalue weighted by atomic mass is 9.94. The van der Waals surface area contributed by atoms with E-state index in [-0.39, 0.29) is 23.0 Å². The molecule has 0 radical (unpaired) electrons. The number of nitrogens with one attached hydrogen (secondary N) is 1. The largest absolute Gasteiger partial charge is 0.307 e. The predicted molar refractivity (Wildman–Crippen MR) is 86.8 cm³/mol. The smallest absolute Gasteiger partial charge is 0.264 e. The van der Waals surface area contributed by atoms with Crippen LogP contribution in [0, 0.1) is 11.2 Å². The van der Waals surface area contributed by atoms with Gasteiger partial charge in [0.25, 0.3) is 10.1 Å². The van der Waals surface area contributed by atoms with Gasteiger partial charge in [-0.05, 0) is 36.1 Å². The van der Waals surface area contributed by atoms with Gasteiger partial charge in [-0.25, -0.2) is 4.39 Å². The minimum Gasteiger partial charge on any atom is -0.307 e. The van der Waals surface area contributed by atoms with E-state index < -0.39 is 10.1 Å². The van der Waals surface area contributed by atoms with Crippen molar-refractivity contribution < 1.29 is 17.4 Å². The first-order valence-corrected chi connectivity index (χ1v) is 8.81. The van der Waals surface area contributed by atoms with Gasteiger partial charge in [-0.3, -0.25) is 4.55 Å². The summed E-state index contributed by atoms with van der Waals surface area (Å²) in [4.78, 5) is 0. The number of halogens is 1. The Morgan fingerprint density at radius 3 is 2.36 bits per heavy atom. The van der Waals surface area contributed by atoms with Crippen molar-refractivity contribution in [2.75, 3.05) is 12.3 Å². The van der Waals surface area contributed by atoms with Gasteiger partial charge in [0.05, 0.1) is 11.8 Å². The van der Waals surface area contributed by atoms with Crippen LogP contribution < -0.4 is 5.32 Å². The summed E-state index contributed by atoms with van der Waals surface area (Å²) in [6, 6.07) is 6.05. The van der Waals surface area contributed by atoms with Crippen LogP contribution in [0.4, 0.5) is 4.39 Å². The number of hydrogen-bond acceptors (Lipinski definition) is 3. The van der Waals surface area contributed by atoms with Gasteiger partial charge < -0.3 is 5.32 Å². The molecule has 2 N–H and O–H groups in total. The van der Waals surface area contributed by atoms with Gasteiger partial charge in [0.2, 0.25) is 0 Å². The molecule has 1 aromatic carbocycles. The monoisotopic (exact) mass is 329 g/mol. The average molecular weight is 329 g/mol. The Balaban J connectivity index is 2.74. The van der Waals surface area contributed by atoms with E-state index in [1.807, 2.05) is 6.08 Å². The zero-order valence-corrected chi connectivity index (χ0v) is 14.0. The van der Waals surface area contributed by atoms with Crippen molar-refractivity contribution in [2.45, 2.75) is 33.2 Å². The molecule has 0 heterocycles. The van der Waals surface area contributed by atoms with E-state index in [0.717, 1.165) is 5.56 Å². The highest BCUT2D eigenvalue weighted by Crippen LogP contribution is 2.20. The van der Waals surface area contributed by atoms with Gasteiger partial charge in [-0.2, -0.15) is 8.42 Å². The molecule has 0 aliphatic rings. The van der Waals surface area contributed by atoms with Crippen molar-refractivity contribution in [1.29, 1.82) is 0 Å². The molecule has 0 spiro atoms. The van der Waals surface area contributed by atoms with Crippen LogP contribution in [0.5, 0.6) is 0 Å². The maximum atomic E-state index is 13.0. The fraction of sp³-hybridized carbons (Fsp3) is 0.500. The van der Waals surface area contributed by atoms with Gasteiger partial charge in [0.15, 0.2) is 0 Å². The Kier molecular flexibility index (Phi) is 6.71. The molecular weight excluding hydrogens is 305 g/mol. The lowest BCUT2D eigenvalue weighted by molar-refractivity contribution is 0.478. The Morgan fingerprint density at radius 2 is 1.86 bits per heavy atom. The summed E-state index contributed by atoms with van der Waals surface area (Å²) in [5, 5.41) is 3.22. The minimum absolute atomic E-state index is 0.00833. The molecule has 0 bridgehead atoms. The Labute approximate surface area is 132 Å². The molecule has 0 aliphatic carbocycles. The van der Waals surface area contributed by atoms with E-state index in [4.69, 9.17) is 4.55 Å². The van der Waals surface area contributed by atoms with E-state index in [2.05, 4.69) is 32.2 Å². The van der Waals surface area contributed by atoms with E-state index in [1.54, 1.807) is 12.1 Å². The summed E-state index contributed by atoms with van der Waals surface area (Å²) < 4.78 is 43.2. The van der Waals surface area contributed by atoms with Crippen molar-refractivity contribution in [3.05, 3.63) is 47.8 Å². The Bertz CT molecular complexity index is 589. The van der Waals surface area contributed by atoms with Crippen molar-refractivity contribution in [1.82, 2.24) is 5.32 Å². The SMILES string of the molecule is CC(C)(C)C=C[C@H](NCCCS(=O)(=O)O)c1ccc(F)cc1. The van der Waals surface area contributed by atoms with Crippen molar-refractivity contribution in [3.8, 4) is 0 Å². The van der Waals surface area contributed by atoms with E-state index in [1.165, 1.54) is 12.1 Å². The first-order chi connectivity index (χ1) is 10.1. The number of allylic oxidation sites excluding steroid dienone is 1. The second-order valence-corrected chi connectivity index (χ2v) is 7.92. The highest BCUT2D eigenvalue weighted by atomic mass is 32.2. The van der Waals surface area contributed by atoms with Crippen LogP contribution in [0.25, 0.3) is 0 Å².